The minimum absolute atomic E-state index is 0.0927. The Bertz CT molecular complexity index is 1010. The van der Waals surface area contributed by atoms with Gasteiger partial charge in [0, 0.05) is 30.4 Å². The quantitative estimate of drug-likeness (QED) is 0.507. The van der Waals surface area contributed by atoms with Crippen LogP contribution >= 0.6 is 0 Å². The molecule has 0 atom stereocenters. The summed E-state index contributed by atoms with van der Waals surface area (Å²) in [4.78, 5) is 27.9. The molecule has 31 heavy (non-hydrogen) atoms. The van der Waals surface area contributed by atoms with Crippen molar-refractivity contribution in [1.29, 1.82) is 0 Å². The van der Waals surface area contributed by atoms with E-state index in [0.717, 1.165) is 36.3 Å². The Balaban J connectivity index is 1.96. The number of hydrogen-bond donors (Lipinski definition) is 1. The molecule has 1 aliphatic heterocycles. The second-order valence-corrected chi connectivity index (χ2v) is 7.65. The van der Waals surface area contributed by atoms with Gasteiger partial charge in [0.05, 0.1) is 12.3 Å². The number of hydrazine groups is 1. The van der Waals surface area contributed by atoms with Crippen molar-refractivity contribution in [1.82, 2.24) is 5.43 Å². The number of aryl methyl sites for hydroxylation is 2. The van der Waals surface area contributed by atoms with Crippen LogP contribution in [0.3, 0.4) is 0 Å². The molecule has 6 nitrogen and oxygen atoms in total. The van der Waals surface area contributed by atoms with Crippen molar-refractivity contribution >= 4 is 29.3 Å². The molecule has 0 saturated carbocycles. The van der Waals surface area contributed by atoms with Gasteiger partial charge >= 0.3 is 0 Å². The lowest BCUT2D eigenvalue weighted by atomic mass is 10.1. The summed E-state index contributed by atoms with van der Waals surface area (Å²) in [7, 11) is 0. The fraction of sp³-hybridized carbons (Fsp3) is 0.360. The molecule has 0 aromatic heterocycles. The number of carbonyl (C=O) groups is 2. The van der Waals surface area contributed by atoms with Gasteiger partial charge in [-0.1, -0.05) is 13.0 Å². The van der Waals surface area contributed by atoms with Crippen molar-refractivity contribution in [3.8, 4) is 5.75 Å². The number of amides is 2. The zero-order valence-electron chi connectivity index (χ0n) is 19.0. The Morgan fingerprint density at radius 2 is 1.74 bits per heavy atom. The molecule has 1 aliphatic rings. The zero-order valence-corrected chi connectivity index (χ0v) is 19.0. The minimum atomic E-state index is -0.419. The van der Waals surface area contributed by atoms with Crippen molar-refractivity contribution in [2.24, 2.45) is 0 Å². The van der Waals surface area contributed by atoms with Crippen LogP contribution in [-0.4, -0.2) is 31.5 Å². The van der Waals surface area contributed by atoms with E-state index in [-0.39, 0.29) is 11.5 Å². The third-order valence-electron chi connectivity index (χ3n) is 5.53. The molecule has 1 heterocycles. The van der Waals surface area contributed by atoms with Crippen LogP contribution in [0.1, 0.15) is 43.9 Å². The molecule has 0 unspecified atom stereocenters. The van der Waals surface area contributed by atoms with Crippen molar-refractivity contribution in [3.05, 3.63) is 58.7 Å². The van der Waals surface area contributed by atoms with E-state index in [1.807, 2.05) is 57.2 Å². The monoisotopic (exact) mass is 421 g/mol. The average Bonchev–Trinajstić information content (AvgIpc) is 3.04. The van der Waals surface area contributed by atoms with E-state index in [9.17, 15) is 9.59 Å². The van der Waals surface area contributed by atoms with Crippen LogP contribution in [0.15, 0.2) is 42.0 Å². The highest BCUT2D eigenvalue weighted by Gasteiger charge is 2.34. The van der Waals surface area contributed by atoms with E-state index < -0.39 is 5.91 Å². The van der Waals surface area contributed by atoms with Crippen LogP contribution in [0, 0.1) is 13.8 Å². The summed E-state index contributed by atoms with van der Waals surface area (Å²) in [5.41, 5.74) is 7.36. The molecule has 164 valence electrons. The summed E-state index contributed by atoms with van der Waals surface area (Å²) in [5.74, 6) is -0.121. The molecule has 1 fully saturated rings. The summed E-state index contributed by atoms with van der Waals surface area (Å²) in [5, 5.41) is 1.30. The number of nitrogens with one attached hydrogen (secondary N) is 1. The SMILES string of the molecule is CCCOc1cc(N(CC)CC)ccc1C=C1C(=O)NN(c2ccc(C)c(C)c2)C1=O. The highest BCUT2D eigenvalue weighted by atomic mass is 16.5. The van der Waals surface area contributed by atoms with Gasteiger partial charge in [-0.3, -0.25) is 15.0 Å². The van der Waals surface area contributed by atoms with Gasteiger partial charge in [0.2, 0.25) is 0 Å². The number of anilines is 2. The molecule has 2 aromatic rings. The van der Waals surface area contributed by atoms with Crippen molar-refractivity contribution in [2.45, 2.75) is 41.0 Å². The van der Waals surface area contributed by atoms with E-state index in [1.165, 1.54) is 5.01 Å². The predicted octanol–water partition coefficient (Wildman–Crippen LogP) is 4.40. The minimum Gasteiger partial charge on any atom is -0.493 e. The maximum atomic E-state index is 13.0. The molecule has 1 saturated heterocycles. The van der Waals surface area contributed by atoms with E-state index in [2.05, 4.69) is 24.2 Å². The van der Waals surface area contributed by atoms with Gasteiger partial charge in [-0.05, 0) is 75.6 Å². The van der Waals surface area contributed by atoms with Gasteiger partial charge in [-0.2, -0.15) is 0 Å². The van der Waals surface area contributed by atoms with E-state index in [4.69, 9.17) is 4.74 Å². The maximum Gasteiger partial charge on any atom is 0.282 e. The number of hydrogen-bond acceptors (Lipinski definition) is 4. The first-order valence-corrected chi connectivity index (χ1v) is 10.9. The third-order valence-corrected chi connectivity index (χ3v) is 5.53. The average molecular weight is 422 g/mol. The first-order valence-electron chi connectivity index (χ1n) is 10.9. The normalized spacial score (nSPS) is 14.9. The number of carbonyl (C=O) groups excluding carboxylic acids is 2. The lowest BCUT2D eigenvalue weighted by molar-refractivity contribution is -0.117. The summed E-state index contributed by atoms with van der Waals surface area (Å²) in [6.45, 7) is 12.6. The van der Waals surface area contributed by atoms with Crippen LogP contribution in [0.4, 0.5) is 11.4 Å². The number of rotatable bonds is 8. The largest absolute Gasteiger partial charge is 0.493 e. The van der Waals surface area contributed by atoms with Crippen LogP contribution in [0.25, 0.3) is 6.08 Å². The number of benzene rings is 2. The van der Waals surface area contributed by atoms with Gasteiger partial charge in [0.1, 0.15) is 11.3 Å². The van der Waals surface area contributed by atoms with Crippen molar-refractivity contribution in [3.63, 3.8) is 0 Å². The Morgan fingerprint density at radius 1 is 1.00 bits per heavy atom. The van der Waals surface area contributed by atoms with Gasteiger partial charge in [0.15, 0.2) is 0 Å². The smallest absolute Gasteiger partial charge is 0.282 e. The molecule has 0 spiro atoms. The molecule has 2 amide bonds. The predicted molar refractivity (Wildman–Crippen MR) is 125 cm³/mol. The lowest BCUT2D eigenvalue weighted by Crippen LogP contribution is -2.35. The molecule has 6 heteroatoms. The summed E-state index contributed by atoms with van der Waals surface area (Å²) in [6.07, 6.45) is 2.49. The van der Waals surface area contributed by atoms with Gasteiger partial charge < -0.3 is 9.64 Å². The second kappa shape index (κ2) is 9.69. The number of nitrogens with zero attached hydrogens (tertiary/aromatic N) is 2. The molecule has 3 rings (SSSR count). The Morgan fingerprint density at radius 3 is 2.39 bits per heavy atom. The van der Waals surface area contributed by atoms with Crippen LogP contribution < -0.4 is 20.1 Å². The molecular weight excluding hydrogens is 390 g/mol. The number of ether oxygens (including phenoxy) is 1. The first-order chi connectivity index (χ1) is 14.9. The fourth-order valence-electron chi connectivity index (χ4n) is 3.52. The Hall–Kier alpha value is -3.28. The van der Waals surface area contributed by atoms with Gasteiger partial charge in [-0.15, -0.1) is 0 Å². The van der Waals surface area contributed by atoms with Gasteiger partial charge in [-0.25, -0.2) is 5.01 Å². The van der Waals surface area contributed by atoms with Crippen molar-refractivity contribution < 1.29 is 14.3 Å². The molecule has 0 radical (unpaired) electrons. The van der Waals surface area contributed by atoms with Crippen LogP contribution in [0.5, 0.6) is 5.75 Å². The van der Waals surface area contributed by atoms with Crippen LogP contribution in [0.2, 0.25) is 0 Å². The molecular formula is C25H31N3O3. The fourth-order valence-corrected chi connectivity index (χ4v) is 3.52. The Labute approximate surface area is 184 Å². The molecule has 0 bridgehead atoms. The van der Waals surface area contributed by atoms with E-state index >= 15 is 0 Å². The molecule has 2 aromatic carbocycles. The van der Waals surface area contributed by atoms with E-state index in [0.29, 0.717) is 23.6 Å². The van der Waals surface area contributed by atoms with Crippen molar-refractivity contribution in [2.75, 3.05) is 29.6 Å². The summed E-state index contributed by atoms with van der Waals surface area (Å²) >= 11 is 0. The highest BCUT2D eigenvalue weighted by molar-refractivity contribution is 6.31. The zero-order chi connectivity index (χ0) is 22.5. The molecule has 0 aliphatic carbocycles. The second-order valence-electron chi connectivity index (χ2n) is 7.65. The molecule has 1 N–H and O–H groups in total. The lowest BCUT2D eigenvalue weighted by Gasteiger charge is -2.22. The topological polar surface area (TPSA) is 61.9 Å². The summed E-state index contributed by atoms with van der Waals surface area (Å²) in [6, 6.07) is 11.5. The highest BCUT2D eigenvalue weighted by Crippen LogP contribution is 2.30. The first kappa shape index (κ1) is 22.4. The van der Waals surface area contributed by atoms with Crippen LogP contribution in [-0.2, 0) is 9.59 Å². The van der Waals surface area contributed by atoms with E-state index in [1.54, 1.807) is 6.08 Å². The Kier molecular flexibility index (Phi) is 7.00. The summed E-state index contributed by atoms with van der Waals surface area (Å²) < 4.78 is 5.96. The maximum absolute atomic E-state index is 13.0. The van der Waals surface area contributed by atoms with Gasteiger partial charge in [0.25, 0.3) is 11.8 Å². The third kappa shape index (κ3) is 4.74. The standard InChI is InChI=1S/C25H31N3O3/c1-6-13-31-23-16-20(27(7-2)8-3)12-10-19(23)15-22-24(29)26-28(25(22)30)21-11-9-17(4)18(5)14-21/h9-12,14-16H,6-8,13H2,1-5H3,(H,26,29).